The van der Waals surface area contributed by atoms with Gasteiger partial charge in [0.05, 0.1) is 13.7 Å². The molecule has 21 heavy (non-hydrogen) atoms. The maximum absolute atomic E-state index is 12.2. The summed E-state index contributed by atoms with van der Waals surface area (Å²) >= 11 is 0. The first kappa shape index (κ1) is 18.0. The third-order valence-electron chi connectivity index (χ3n) is 3.91. The fourth-order valence-electron chi connectivity index (χ4n) is 2.80. The van der Waals surface area contributed by atoms with Crippen LogP contribution in [0, 0.1) is 11.3 Å². The monoisotopic (exact) mass is 298 g/mol. The molecule has 0 spiro atoms. The highest BCUT2D eigenvalue weighted by Gasteiger charge is 2.31. The Morgan fingerprint density at radius 3 is 2.48 bits per heavy atom. The molecule has 1 amide bonds. The summed E-state index contributed by atoms with van der Waals surface area (Å²) in [6.45, 7) is 9.85. The van der Waals surface area contributed by atoms with Gasteiger partial charge < -0.3 is 10.1 Å². The van der Waals surface area contributed by atoms with Gasteiger partial charge in [0, 0.05) is 24.5 Å². The van der Waals surface area contributed by atoms with Gasteiger partial charge in [-0.25, -0.2) is 0 Å². The van der Waals surface area contributed by atoms with E-state index in [2.05, 4.69) is 17.1 Å². The molecule has 2 atom stereocenters. The van der Waals surface area contributed by atoms with E-state index < -0.39 is 0 Å². The molecule has 1 aliphatic rings. The lowest BCUT2D eigenvalue weighted by Crippen LogP contribution is -2.53. The van der Waals surface area contributed by atoms with Gasteiger partial charge in [0.25, 0.3) is 0 Å². The first-order valence-electron chi connectivity index (χ1n) is 7.86. The minimum absolute atomic E-state index is 0.0719. The zero-order chi connectivity index (χ0) is 16.0. The van der Waals surface area contributed by atoms with Crippen LogP contribution in [0.25, 0.3) is 0 Å². The number of piperidine rings is 1. The van der Waals surface area contributed by atoms with Gasteiger partial charge in [0.2, 0.25) is 5.91 Å². The van der Waals surface area contributed by atoms with E-state index in [1.807, 2.05) is 20.8 Å². The lowest BCUT2D eigenvalue weighted by Gasteiger charge is -2.38. The average Bonchev–Trinajstić information content (AvgIpc) is 2.37. The van der Waals surface area contributed by atoms with Crippen LogP contribution in [-0.2, 0) is 14.3 Å². The summed E-state index contributed by atoms with van der Waals surface area (Å²) in [6, 6.07) is 0.117. The van der Waals surface area contributed by atoms with Gasteiger partial charge in [0.1, 0.15) is 0 Å². The first-order valence-corrected chi connectivity index (χ1v) is 7.86. The van der Waals surface area contributed by atoms with Gasteiger partial charge >= 0.3 is 5.97 Å². The molecule has 0 aromatic carbocycles. The normalized spacial score (nSPS) is 23.7. The predicted octanol–water partition coefficient (Wildman–Crippen LogP) is 1.81. The number of likely N-dealkylation sites (tertiary alicyclic amines) is 1. The Kier molecular flexibility index (Phi) is 6.65. The molecule has 122 valence electrons. The van der Waals surface area contributed by atoms with Gasteiger partial charge in [-0.15, -0.1) is 0 Å². The second kappa shape index (κ2) is 7.78. The average molecular weight is 298 g/mol. The summed E-state index contributed by atoms with van der Waals surface area (Å²) in [5.41, 5.74) is -0.384. The second-order valence-electron chi connectivity index (χ2n) is 7.08. The largest absolute Gasteiger partial charge is 0.468 e. The molecule has 0 bridgehead atoms. The Morgan fingerprint density at radius 2 is 1.95 bits per heavy atom. The predicted molar refractivity (Wildman–Crippen MR) is 82.9 cm³/mol. The molecule has 1 heterocycles. The summed E-state index contributed by atoms with van der Waals surface area (Å²) in [4.78, 5) is 25.7. The molecule has 0 saturated carbocycles. The van der Waals surface area contributed by atoms with E-state index >= 15 is 0 Å². The number of amides is 1. The standard InChI is InChI=1S/C16H30N2O3/c1-6-7-12-8-13(17-15(20)16(2,3)4)10-18(9-12)11-14(19)21-5/h12-13H,6-11H2,1-5H3,(H,17,20). The molecule has 1 saturated heterocycles. The summed E-state index contributed by atoms with van der Waals surface area (Å²) in [7, 11) is 1.41. The number of carbonyl (C=O) groups is 2. The van der Waals surface area contributed by atoms with Crippen molar-refractivity contribution in [2.24, 2.45) is 11.3 Å². The van der Waals surface area contributed by atoms with Gasteiger partial charge in [-0.3, -0.25) is 14.5 Å². The van der Waals surface area contributed by atoms with E-state index in [0.717, 1.165) is 32.4 Å². The number of hydrogen-bond acceptors (Lipinski definition) is 4. The van der Waals surface area contributed by atoms with Gasteiger partial charge in [-0.2, -0.15) is 0 Å². The van der Waals surface area contributed by atoms with Crippen LogP contribution in [0.2, 0.25) is 0 Å². The van der Waals surface area contributed by atoms with Crippen molar-refractivity contribution < 1.29 is 14.3 Å². The number of methoxy groups -OCH3 is 1. The van der Waals surface area contributed by atoms with Crippen molar-refractivity contribution in [3.8, 4) is 0 Å². The Morgan fingerprint density at radius 1 is 1.29 bits per heavy atom. The van der Waals surface area contributed by atoms with Crippen molar-refractivity contribution in [2.75, 3.05) is 26.7 Å². The number of rotatable bonds is 5. The van der Waals surface area contributed by atoms with E-state index in [0.29, 0.717) is 12.5 Å². The van der Waals surface area contributed by atoms with E-state index in [9.17, 15) is 9.59 Å². The molecule has 0 aliphatic carbocycles. The Labute approximate surface area is 128 Å². The van der Waals surface area contributed by atoms with Crippen LogP contribution < -0.4 is 5.32 Å². The van der Waals surface area contributed by atoms with Crippen LogP contribution in [0.5, 0.6) is 0 Å². The van der Waals surface area contributed by atoms with Crippen molar-refractivity contribution >= 4 is 11.9 Å². The van der Waals surface area contributed by atoms with Crippen LogP contribution in [0.15, 0.2) is 0 Å². The van der Waals surface area contributed by atoms with Crippen molar-refractivity contribution in [3.05, 3.63) is 0 Å². The van der Waals surface area contributed by atoms with E-state index in [1.54, 1.807) is 0 Å². The third-order valence-corrected chi connectivity index (χ3v) is 3.91. The Hall–Kier alpha value is -1.10. The van der Waals surface area contributed by atoms with Crippen LogP contribution in [0.1, 0.15) is 47.0 Å². The molecule has 1 fully saturated rings. The summed E-state index contributed by atoms with van der Waals surface area (Å²) in [5.74, 6) is 0.384. The van der Waals surface area contributed by atoms with Gasteiger partial charge in [-0.1, -0.05) is 34.1 Å². The quantitative estimate of drug-likeness (QED) is 0.787. The van der Waals surface area contributed by atoms with Crippen LogP contribution in [0.4, 0.5) is 0 Å². The molecule has 1 aliphatic heterocycles. The fraction of sp³-hybridized carbons (Fsp3) is 0.875. The number of nitrogens with one attached hydrogen (secondary N) is 1. The van der Waals surface area contributed by atoms with Crippen LogP contribution >= 0.6 is 0 Å². The zero-order valence-electron chi connectivity index (χ0n) is 14.1. The van der Waals surface area contributed by atoms with E-state index in [1.165, 1.54) is 7.11 Å². The molecule has 0 aromatic heterocycles. The number of ether oxygens (including phenoxy) is 1. The number of carbonyl (C=O) groups excluding carboxylic acids is 2. The summed E-state index contributed by atoms with van der Waals surface area (Å²) < 4.78 is 4.75. The molecular weight excluding hydrogens is 268 g/mol. The highest BCUT2D eigenvalue weighted by molar-refractivity contribution is 5.81. The molecule has 2 unspecified atom stereocenters. The van der Waals surface area contributed by atoms with Gasteiger partial charge in [-0.05, 0) is 18.8 Å². The highest BCUT2D eigenvalue weighted by Crippen LogP contribution is 2.22. The van der Waals surface area contributed by atoms with E-state index in [4.69, 9.17) is 4.74 Å². The minimum atomic E-state index is -0.384. The van der Waals surface area contributed by atoms with Gasteiger partial charge in [0.15, 0.2) is 0 Å². The SMILES string of the molecule is CCCC1CC(NC(=O)C(C)(C)C)CN(CC(=O)OC)C1. The van der Waals surface area contributed by atoms with Crippen molar-refractivity contribution in [2.45, 2.75) is 53.0 Å². The topological polar surface area (TPSA) is 58.6 Å². The smallest absolute Gasteiger partial charge is 0.319 e. The van der Waals surface area contributed by atoms with Crippen LogP contribution in [0.3, 0.4) is 0 Å². The lowest BCUT2D eigenvalue weighted by atomic mass is 9.89. The zero-order valence-corrected chi connectivity index (χ0v) is 14.1. The number of esters is 1. The van der Waals surface area contributed by atoms with Crippen LogP contribution in [-0.4, -0.2) is 49.6 Å². The maximum Gasteiger partial charge on any atom is 0.319 e. The van der Waals surface area contributed by atoms with Crippen molar-refractivity contribution in [3.63, 3.8) is 0 Å². The molecule has 5 nitrogen and oxygen atoms in total. The molecule has 0 radical (unpaired) electrons. The Balaban J connectivity index is 2.65. The molecule has 0 aromatic rings. The number of nitrogens with zero attached hydrogens (tertiary/aromatic N) is 1. The summed E-state index contributed by atoms with van der Waals surface area (Å²) in [5, 5.41) is 3.14. The lowest BCUT2D eigenvalue weighted by molar-refractivity contribution is -0.142. The molecular formula is C16H30N2O3. The molecule has 1 N–H and O–H groups in total. The fourth-order valence-corrected chi connectivity index (χ4v) is 2.80. The maximum atomic E-state index is 12.2. The van der Waals surface area contributed by atoms with Crippen molar-refractivity contribution in [1.29, 1.82) is 0 Å². The summed E-state index contributed by atoms with van der Waals surface area (Å²) in [6.07, 6.45) is 3.24. The number of hydrogen-bond donors (Lipinski definition) is 1. The molecule has 5 heteroatoms. The Bertz CT molecular complexity index is 363. The minimum Gasteiger partial charge on any atom is -0.468 e. The third kappa shape index (κ3) is 6.04. The van der Waals surface area contributed by atoms with Crippen molar-refractivity contribution in [1.82, 2.24) is 10.2 Å². The first-order chi connectivity index (χ1) is 9.76. The second-order valence-corrected chi connectivity index (χ2v) is 7.08. The molecule has 1 rings (SSSR count). The van der Waals surface area contributed by atoms with E-state index in [-0.39, 0.29) is 23.3 Å². The highest BCUT2D eigenvalue weighted by atomic mass is 16.5.